The molecule has 2 rings (SSSR count). The number of aromatic nitrogens is 4. The topological polar surface area (TPSA) is 128 Å². The number of amides is 1. The zero-order valence-corrected chi connectivity index (χ0v) is 17.7. The summed E-state index contributed by atoms with van der Waals surface area (Å²) < 4.78 is 12.2. The predicted molar refractivity (Wildman–Crippen MR) is 112 cm³/mol. The molecule has 0 atom stereocenters. The first-order chi connectivity index (χ1) is 14.5. The molecular weight excluding hydrogens is 390 g/mol. The Morgan fingerprint density at radius 2 is 1.83 bits per heavy atom. The summed E-state index contributed by atoms with van der Waals surface area (Å²) in [6, 6.07) is 0. The Hall–Kier alpha value is -2.75. The van der Waals surface area contributed by atoms with E-state index in [2.05, 4.69) is 34.1 Å². The molecule has 0 bridgehead atoms. The van der Waals surface area contributed by atoms with Crippen LogP contribution < -0.4 is 10.9 Å². The molecule has 0 aliphatic rings. The molecule has 0 saturated heterocycles. The predicted octanol–water partition coefficient (Wildman–Crippen LogP) is 2.74. The minimum absolute atomic E-state index is 0.0803. The van der Waals surface area contributed by atoms with Crippen LogP contribution in [-0.2, 0) is 25.8 Å². The third-order valence-corrected chi connectivity index (χ3v) is 4.45. The second-order valence-electron chi connectivity index (χ2n) is 7.02. The highest BCUT2D eigenvalue weighted by Gasteiger charge is 2.12. The number of hydrogen-bond donors (Lipinski definition) is 2. The highest BCUT2D eigenvalue weighted by Crippen LogP contribution is 2.09. The van der Waals surface area contributed by atoms with Gasteiger partial charge in [0, 0.05) is 12.8 Å². The number of ether oxygens (including phenoxy) is 2. The lowest BCUT2D eigenvalue weighted by Gasteiger charge is -2.08. The number of anilines is 1. The van der Waals surface area contributed by atoms with Gasteiger partial charge in [0.25, 0.3) is 5.56 Å². The summed E-state index contributed by atoms with van der Waals surface area (Å²) in [5.74, 6) is -0.349. The van der Waals surface area contributed by atoms with Gasteiger partial charge in [-0.25, -0.2) is 4.98 Å². The van der Waals surface area contributed by atoms with Gasteiger partial charge in [0.15, 0.2) is 11.2 Å². The summed E-state index contributed by atoms with van der Waals surface area (Å²) in [7, 11) is 0. The van der Waals surface area contributed by atoms with E-state index < -0.39 is 5.56 Å². The number of rotatable bonds is 14. The standard InChI is InChI=1S/C20H31N5O5/c1-3-5-7-9-15(26)22-20-23-18-17(19(28)24-20)21-13-25(18)14-29-11-12-30-16(27)10-8-6-4-2/h13H,3-12,14H2,1-2H3,(H2,22,23,24,26,28). The monoisotopic (exact) mass is 421 g/mol. The largest absolute Gasteiger partial charge is 0.463 e. The molecular formula is C20H31N5O5. The van der Waals surface area contributed by atoms with Gasteiger partial charge in [0.05, 0.1) is 12.9 Å². The first-order valence-electron chi connectivity index (χ1n) is 10.5. The fourth-order valence-electron chi connectivity index (χ4n) is 2.81. The van der Waals surface area contributed by atoms with Gasteiger partial charge >= 0.3 is 5.97 Å². The molecule has 1 amide bonds. The van der Waals surface area contributed by atoms with Crippen LogP contribution in [-0.4, -0.2) is 44.6 Å². The van der Waals surface area contributed by atoms with Gasteiger partial charge in [-0.2, -0.15) is 4.98 Å². The highest BCUT2D eigenvalue weighted by atomic mass is 16.6. The fraction of sp³-hybridized carbons (Fsp3) is 0.650. The Bertz CT molecular complexity index is 876. The van der Waals surface area contributed by atoms with Crippen molar-refractivity contribution in [2.75, 3.05) is 18.5 Å². The van der Waals surface area contributed by atoms with Gasteiger partial charge in [-0.15, -0.1) is 0 Å². The van der Waals surface area contributed by atoms with Crippen LogP contribution in [0.3, 0.4) is 0 Å². The van der Waals surface area contributed by atoms with E-state index >= 15 is 0 Å². The molecule has 2 heterocycles. The summed E-state index contributed by atoms with van der Waals surface area (Å²) in [6.07, 6.45) is 7.88. The Balaban J connectivity index is 1.86. The Morgan fingerprint density at radius 3 is 2.57 bits per heavy atom. The lowest BCUT2D eigenvalue weighted by molar-refractivity contribution is -0.145. The second kappa shape index (κ2) is 12.7. The van der Waals surface area contributed by atoms with E-state index in [1.807, 2.05) is 0 Å². The summed E-state index contributed by atoms with van der Waals surface area (Å²) in [6.45, 7) is 4.59. The molecule has 0 radical (unpaired) electrons. The van der Waals surface area contributed by atoms with E-state index in [4.69, 9.17) is 9.47 Å². The van der Waals surface area contributed by atoms with Crippen LogP contribution in [0.1, 0.15) is 65.2 Å². The van der Waals surface area contributed by atoms with Crippen LogP contribution in [0.4, 0.5) is 5.95 Å². The number of esters is 1. The van der Waals surface area contributed by atoms with Gasteiger partial charge in [-0.1, -0.05) is 39.5 Å². The third kappa shape index (κ3) is 7.58. The zero-order valence-electron chi connectivity index (χ0n) is 17.7. The minimum atomic E-state index is -0.441. The molecule has 0 aliphatic carbocycles. The minimum Gasteiger partial charge on any atom is -0.463 e. The van der Waals surface area contributed by atoms with Crippen molar-refractivity contribution in [3.8, 4) is 0 Å². The number of nitrogens with one attached hydrogen (secondary N) is 2. The highest BCUT2D eigenvalue weighted by molar-refractivity contribution is 5.89. The van der Waals surface area contributed by atoms with Crippen LogP contribution >= 0.6 is 0 Å². The smallest absolute Gasteiger partial charge is 0.305 e. The molecule has 10 heteroatoms. The van der Waals surface area contributed by atoms with E-state index in [1.54, 1.807) is 4.57 Å². The molecule has 2 N–H and O–H groups in total. The number of hydrogen-bond acceptors (Lipinski definition) is 7. The Morgan fingerprint density at radius 1 is 1.10 bits per heavy atom. The maximum atomic E-state index is 12.2. The summed E-state index contributed by atoms with van der Waals surface area (Å²) in [5.41, 5.74) is 0.0210. The number of imidazole rings is 1. The molecule has 0 aliphatic heterocycles. The van der Waals surface area contributed by atoms with E-state index in [0.29, 0.717) is 18.5 Å². The molecule has 30 heavy (non-hydrogen) atoms. The number of carbonyl (C=O) groups is 2. The first-order valence-corrected chi connectivity index (χ1v) is 10.5. The molecule has 2 aromatic rings. The van der Waals surface area contributed by atoms with Gasteiger partial charge in [0.1, 0.15) is 13.3 Å². The second-order valence-corrected chi connectivity index (χ2v) is 7.02. The molecule has 0 spiro atoms. The number of aromatic amines is 1. The average molecular weight is 421 g/mol. The lowest BCUT2D eigenvalue weighted by atomic mass is 10.2. The molecule has 0 unspecified atom stereocenters. The van der Waals surface area contributed by atoms with E-state index in [0.717, 1.165) is 38.5 Å². The third-order valence-electron chi connectivity index (χ3n) is 4.45. The number of nitrogens with zero attached hydrogens (tertiary/aromatic N) is 3. The van der Waals surface area contributed by atoms with Crippen molar-refractivity contribution in [3.05, 3.63) is 16.7 Å². The van der Waals surface area contributed by atoms with Gasteiger partial charge in [0.2, 0.25) is 11.9 Å². The van der Waals surface area contributed by atoms with E-state index in [1.165, 1.54) is 6.33 Å². The normalized spacial score (nSPS) is 11.0. The molecule has 0 saturated carbocycles. The van der Waals surface area contributed by atoms with Crippen LogP contribution in [0.25, 0.3) is 11.2 Å². The number of unbranched alkanes of at least 4 members (excludes halogenated alkanes) is 4. The number of H-pyrrole nitrogens is 1. The summed E-state index contributed by atoms with van der Waals surface area (Å²) in [4.78, 5) is 46.6. The van der Waals surface area contributed by atoms with Gasteiger partial charge in [-0.05, 0) is 12.8 Å². The van der Waals surface area contributed by atoms with Crippen molar-refractivity contribution in [2.24, 2.45) is 0 Å². The SMILES string of the molecule is CCCCCC(=O)Nc1nc2c(ncn2COCCOC(=O)CCCCC)c(=O)[nH]1. The van der Waals surface area contributed by atoms with Crippen molar-refractivity contribution in [1.29, 1.82) is 0 Å². The first kappa shape index (κ1) is 23.5. The number of fused-ring (bicyclic) bond motifs is 1. The molecule has 0 fully saturated rings. The molecule has 0 aromatic carbocycles. The van der Waals surface area contributed by atoms with Crippen molar-refractivity contribution in [3.63, 3.8) is 0 Å². The van der Waals surface area contributed by atoms with Crippen molar-refractivity contribution >= 4 is 29.0 Å². The quantitative estimate of drug-likeness (QED) is 0.354. The van der Waals surface area contributed by atoms with Crippen LogP contribution in [0, 0.1) is 0 Å². The zero-order chi connectivity index (χ0) is 21.8. The summed E-state index contributed by atoms with van der Waals surface area (Å²) in [5, 5.41) is 2.62. The summed E-state index contributed by atoms with van der Waals surface area (Å²) >= 11 is 0. The maximum absolute atomic E-state index is 12.2. The maximum Gasteiger partial charge on any atom is 0.305 e. The van der Waals surface area contributed by atoms with E-state index in [9.17, 15) is 14.4 Å². The van der Waals surface area contributed by atoms with Crippen molar-refractivity contribution in [1.82, 2.24) is 19.5 Å². The van der Waals surface area contributed by atoms with Gasteiger partial charge in [-0.3, -0.25) is 29.3 Å². The number of carbonyl (C=O) groups excluding carboxylic acids is 2. The fourth-order valence-corrected chi connectivity index (χ4v) is 2.81. The molecule has 166 valence electrons. The Labute approximate surface area is 175 Å². The Kier molecular flexibility index (Phi) is 9.99. The lowest BCUT2D eigenvalue weighted by Crippen LogP contribution is -2.19. The average Bonchev–Trinajstić information content (AvgIpc) is 3.11. The molecule has 10 nitrogen and oxygen atoms in total. The van der Waals surface area contributed by atoms with Crippen LogP contribution in [0.5, 0.6) is 0 Å². The van der Waals surface area contributed by atoms with Crippen LogP contribution in [0.2, 0.25) is 0 Å². The van der Waals surface area contributed by atoms with Crippen LogP contribution in [0.15, 0.2) is 11.1 Å². The molecule has 2 aromatic heterocycles. The van der Waals surface area contributed by atoms with Crippen molar-refractivity contribution < 1.29 is 19.1 Å². The van der Waals surface area contributed by atoms with E-state index in [-0.39, 0.29) is 43.3 Å². The van der Waals surface area contributed by atoms with Crippen molar-refractivity contribution in [2.45, 2.75) is 71.9 Å². The van der Waals surface area contributed by atoms with Gasteiger partial charge < -0.3 is 9.47 Å².